The van der Waals surface area contributed by atoms with Crippen molar-refractivity contribution < 1.29 is 15.0 Å². The quantitative estimate of drug-likeness (QED) is 0.563. The minimum absolute atomic E-state index is 0.0231. The van der Waals surface area contributed by atoms with Gasteiger partial charge >= 0.3 is 0 Å². The molecule has 0 radical (unpaired) electrons. The third-order valence-corrected chi connectivity index (χ3v) is 3.52. The molecule has 0 fully saturated rings. The second-order valence-electron chi connectivity index (χ2n) is 4.94. The van der Waals surface area contributed by atoms with Crippen molar-refractivity contribution in [2.24, 2.45) is 0 Å². The fraction of sp³-hybridized carbons (Fsp3) is 0. The van der Waals surface area contributed by atoms with Gasteiger partial charge in [-0.1, -0.05) is 48.5 Å². The predicted molar refractivity (Wildman–Crippen MR) is 87.1 cm³/mol. The predicted octanol–water partition coefficient (Wildman–Crippen LogP) is 4.15. The van der Waals surface area contributed by atoms with Crippen LogP contribution in [0.4, 0.5) is 0 Å². The lowest BCUT2D eigenvalue weighted by Gasteiger charge is -2.05. The number of para-hydroxylation sites is 1. The Morgan fingerprint density at radius 1 is 0.864 bits per heavy atom. The first-order valence-corrected chi connectivity index (χ1v) is 6.88. The minimum atomic E-state index is -0.313. The normalized spacial score (nSPS) is 11.1. The number of aromatic hydroxyl groups is 2. The van der Waals surface area contributed by atoms with Gasteiger partial charge in [-0.3, -0.25) is 4.79 Å². The van der Waals surface area contributed by atoms with Gasteiger partial charge in [0.25, 0.3) is 0 Å². The largest absolute Gasteiger partial charge is 0.507 e. The van der Waals surface area contributed by atoms with Gasteiger partial charge in [0.1, 0.15) is 11.5 Å². The lowest BCUT2D eigenvalue weighted by atomic mass is 10.0. The van der Waals surface area contributed by atoms with Gasteiger partial charge < -0.3 is 10.2 Å². The third kappa shape index (κ3) is 2.56. The summed E-state index contributed by atoms with van der Waals surface area (Å²) < 4.78 is 0. The maximum Gasteiger partial charge on any atom is 0.189 e. The highest BCUT2D eigenvalue weighted by atomic mass is 16.3. The number of hydrogen-bond donors (Lipinski definition) is 2. The SMILES string of the molecule is O=C(C=Cc1ccccc1O)c1ccc2ccccc2c1O. The zero-order valence-electron chi connectivity index (χ0n) is 11.7. The number of hydrogen-bond acceptors (Lipinski definition) is 3. The maximum atomic E-state index is 12.3. The standard InChI is InChI=1S/C19H14O3/c20-17-8-4-2-6-14(17)10-12-18(21)16-11-9-13-5-1-3-7-15(13)19(16)22/h1-12,20,22H. The van der Waals surface area contributed by atoms with Crippen LogP contribution in [0.25, 0.3) is 16.8 Å². The molecule has 0 atom stereocenters. The number of allylic oxidation sites excluding steroid dienone is 1. The molecule has 0 aromatic heterocycles. The van der Waals surface area contributed by atoms with Crippen LogP contribution in [0.2, 0.25) is 0 Å². The van der Waals surface area contributed by atoms with E-state index < -0.39 is 0 Å². The van der Waals surface area contributed by atoms with E-state index >= 15 is 0 Å². The van der Waals surface area contributed by atoms with Crippen LogP contribution in [0, 0.1) is 0 Å². The van der Waals surface area contributed by atoms with Gasteiger partial charge in [-0.05, 0) is 29.7 Å². The molecule has 0 saturated heterocycles. The van der Waals surface area contributed by atoms with Crippen LogP contribution < -0.4 is 0 Å². The number of benzene rings is 3. The zero-order valence-corrected chi connectivity index (χ0v) is 11.7. The highest BCUT2D eigenvalue weighted by Gasteiger charge is 2.11. The number of phenolic OH excluding ortho intramolecular Hbond substituents is 2. The molecule has 0 heterocycles. The Morgan fingerprint density at radius 2 is 1.59 bits per heavy atom. The van der Waals surface area contributed by atoms with E-state index in [1.165, 1.54) is 12.2 Å². The van der Waals surface area contributed by atoms with E-state index in [0.29, 0.717) is 10.9 Å². The molecule has 0 unspecified atom stereocenters. The summed E-state index contributed by atoms with van der Waals surface area (Å²) in [6.45, 7) is 0. The van der Waals surface area contributed by atoms with Gasteiger partial charge in [0.05, 0.1) is 5.56 Å². The van der Waals surface area contributed by atoms with Crippen LogP contribution >= 0.6 is 0 Å². The summed E-state index contributed by atoms with van der Waals surface area (Å²) >= 11 is 0. The number of ketones is 1. The molecule has 0 aliphatic carbocycles. The number of fused-ring (bicyclic) bond motifs is 1. The Hall–Kier alpha value is -3.07. The Morgan fingerprint density at radius 3 is 2.41 bits per heavy atom. The Balaban J connectivity index is 1.96. The molecule has 0 amide bonds. The van der Waals surface area contributed by atoms with E-state index in [2.05, 4.69) is 0 Å². The molecule has 0 saturated carbocycles. The summed E-state index contributed by atoms with van der Waals surface area (Å²) in [5.74, 6) is -0.231. The smallest absolute Gasteiger partial charge is 0.189 e. The highest BCUT2D eigenvalue weighted by molar-refractivity contribution is 6.11. The van der Waals surface area contributed by atoms with E-state index in [1.54, 1.807) is 42.5 Å². The van der Waals surface area contributed by atoms with Crippen LogP contribution in [0.15, 0.2) is 66.7 Å². The summed E-state index contributed by atoms with van der Waals surface area (Å²) in [5.41, 5.74) is 0.793. The molecule has 3 nitrogen and oxygen atoms in total. The monoisotopic (exact) mass is 290 g/mol. The van der Waals surface area contributed by atoms with Gasteiger partial charge in [-0.15, -0.1) is 0 Å². The van der Waals surface area contributed by atoms with Crippen LogP contribution in [0.1, 0.15) is 15.9 Å². The van der Waals surface area contributed by atoms with Gasteiger partial charge in [0.15, 0.2) is 5.78 Å². The second kappa shape index (κ2) is 5.74. The summed E-state index contributed by atoms with van der Waals surface area (Å²) in [4.78, 5) is 12.3. The lowest BCUT2D eigenvalue weighted by molar-refractivity contribution is 0.104. The molecular formula is C19H14O3. The fourth-order valence-corrected chi connectivity index (χ4v) is 2.34. The second-order valence-corrected chi connectivity index (χ2v) is 4.94. The van der Waals surface area contributed by atoms with Gasteiger partial charge in [-0.2, -0.15) is 0 Å². The average molecular weight is 290 g/mol. The third-order valence-electron chi connectivity index (χ3n) is 3.52. The molecule has 0 spiro atoms. The van der Waals surface area contributed by atoms with Crippen LogP contribution in [-0.4, -0.2) is 16.0 Å². The van der Waals surface area contributed by atoms with E-state index in [-0.39, 0.29) is 22.8 Å². The average Bonchev–Trinajstić information content (AvgIpc) is 2.54. The van der Waals surface area contributed by atoms with E-state index in [1.807, 2.05) is 18.2 Å². The van der Waals surface area contributed by atoms with Gasteiger partial charge in [-0.25, -0.2) is 0 Å². The maximum absolute atomic E-state index is 12.3. The zero-order chi connectivity index (χ0) is 15.5. The van der Waals surface area contributed by atoms with Crippen LogP contribution in [0.5, 0.6) is 11.5 Å². The molecule has 3 heteroatoms. The molecule has 2 N–H and O–H groups in total. The number of rotatable bonds is 3. The summed E-state index contributed by atoms with van der Waals surface area (Å²) in [6.07, 6.45) is 2.88. The van der Waals surface area contributed by atoms with Crippen molar-refractivity contribution in [1.29, 1.82) is 0 Å². The van der Waals surface area contributed by atoms with Crippen molar-refractivity contribution in [1.82, 2.24) is 0 Å². The number of carbonyl (C=O) groups is 1. The van der Waals surface area contributed by atoms with Crippen molar-refractivity contribution in [2.75, 3.05) is 0 Å². The number of phenols is 2. The summed E-state index contributed by atoms with van der Waals surface area (Å²) in [5, 5.41) is 21.5. The van der Waals surface area contributed by atoms with E-state index in [0.717, 1.165) is 5.39 Å². The van der Waals surface area contributed by atoms with Crippen LogP contribution in [0.3, 0.4) is 0 Å². The lowest BCUT2D eigenvalue weighted by Crippen LogP contribution is -1.95. The first kappa shape index (κ1) is 13.9. The first-order chi connectivity index (χ1) is 10.7. The molecular weight excluding hydrogens is 276 g/mol. The Bertz CT molecular complexity index is 879. The van der Waals surface area contributed by atoms with Gasteiger partial charge in [0, 0.05) is 10.9 Å². The Labute approximate surface area is 127 Å². The van der Waals surface area contributed by atoms with Crippen LogP contribution in [-0.2, 0) is 0 Å². The molecule has 22 heavy (non-hydrogen) atoms. The van der Waals surface area contributed by atoms with Crippen molar-refractivity contribution in [3.8, 4) is 11.5 Å². The van der Waals surface area contributed by atoms with Crippen molar-refractivity contribution in [2.45, 2.75) is 0 Å². The van der Waals surface area contributed by atoms with E-state index in [4.69, 9.17) is 0 Å². The van der Waals surface area contributed by atoms with E-state index in [9.17, 15) is 15.0 Å². The highest BCUT2D eigenvalue weighted by Crippen LogP contribution is 2.29. The molecule has 3 aromatic rings. The molecule has 0 bridgehead atoms. The van der Waals surface area contributed by atoms with Crippen molar-refractivity contribution in [3.05, 3.63) is 77.9 Å². The Kier molecular flexibility index (Phi) is 3.62. The molecule has 108 valence electrons. The number of carbonyl (C=O) groups excluding carboxylic acids is 1. The van der Waals surface area contributed by atoms with Gasteiger partial charge in [0.2, 0.25) is 0 Å². The molecule has 3 aromatic carbocycles. The van der Waals surface area contributed by atoms with Crippen molar-refractivity contribution in [3.63, 3.8) is 0 Å². The molecule has 0 aliphatic heterocycles. The molecule has 0 aliphatic rings. The molecule has 3 rings (SSSR count). The minimum Gasteiger partial charge on any atom is -0.507 e. The van der Waals surface area contributed by atoms with Crippen molar-refractivity contribution >= 4 is 22.6 Å². The fourth-order valence-electron chi connectivity index (χ4n) is 2.34. The summed E-state index contributed by atoms with van der Waals surface area (Å²) in [7, 11) is 0. The first-order valence-electron chi connectivity index (χ1n) is 6.88. The summed E-state index contributed by atoms with van der Waals surface area (Å²) in [6, 6.07) is 17.5. The topological polar surface area (TPSA) is 57.5 Å².